The largest absolute Gasteiger partial charge is 0.492 e. The molecule has 5 rings (SSSR count). The van der Waals surface area contributed by atoms with Gasteiger partial charge in [0, 0.05) is 29.6 Å². The number of hydrogen-bond acceptors (Lipinski definition) is 6. The third kappa shape index (κ3) is 5.40. The first-order valence-electron chi connectivity index (χ1n) is 12.8. The van der Waals surface area contributed by atoms with Gasteiger partial charge in [-0.05, 0) is 69.6 Å². The van der Waals surface area contributed by atoms with Crippen LogP contribution < -0.4 is 10.1 Å². The molecule has 2 aliphatic heterocycles. The van der Waals surface area contributed by atoms with E-state index in [4.69, 9.17) is 16.3 Å². The zero-order valence-corrected chi connectivity index (χ0v) is 23.9. The number of carbonyl (C=O) groups is 1. The van der Waals surface area contributed by atoms with Gasteiger partial charge in [-0.25, -0.2) is 13.4 Å². The second-order valence-electron chi connectivity index (χ2n) is 11.2. The molecule has 0 atom stereocenters. The van der Waals surface area contributed by atoms with Gasteiger partial charge in [0.05, 0.1) is 39.6 Å². The lowest BCUT2D eigenvalue weighted by molar-refractivity contribution is -0.136. The molecule has 1 fully saturated rings. The van der Waals surface area contributed by atoms with Crippen LogP contribution in [-0.2, 0) is 31.8 Å². The second kappa shape index (κ2) is 9.92. The summed E-state index contributed by atoms with van der Waals surface area (Å²) in [6.07, 6.45) is -1.24. The average Bonchev–Trinajstić information content (AvgIpc) is 3.38. The molecule has 0 radical (unpaired) electrons. The SMILES string of the molecule is CC(C)(CS(C)(=O)=O)n1cnc2cc(OCCN3CCC4(CC3)C(=O)Nc3ccc(Cl)cc34)cc(C(F)(F)F)c21. The predicted octanol–water partition coefficient (Wildman–Crippen LogP) is 4.85. The number of imidazole rings is 1. The number of sulfone groups is 1. The van der Waals surface area contributed by atoms with Gasteiger partial charge < -0.3 is 14.6 Å². The van der Waals surface area contributed by atoms with Crippen LogP contribution >= 0.6 is 11.6 Å². The molecule has 13 heteroatoms. The molecule has 2 aliphatic rings. The Labute approximate surface area is 235 Å². The normalized spacial score (nSPS) is 17.8. The predicted molar refractivity (Wildman–Crippen MR) is 147 cm³/mol. The smallest absolute Gasteiger partial charge is 0.418 e. The maximum absolute atomic E-state index is 14.1. The number of ether oxygens (including phenoxy) is 1. The summed E-state index contributed by atoms with van der Waals surface area (Å²) < 4.78 is 73.3. The van der Waals surface area contributed by atoms with E-state index in [0.717, 1.165) is 23.6 Å². The van der Waals surface area contributed by atoms with Gasteiger partial charge in [0.15, 0.2) is 0 Å². The minimum absolute atomic E-state index is 0.0261. The molecule has 1 amide bonds. The third-order valence-electron chi connectivity index (χ3n) is 7.76. The first-order valence-corrected chi connectivity index (χ1v) is 15.3. The molecule has 0 unspecified atom stereocenters. The Hall–Kier alpha value is -2.83. The van der Waals surface area contributed by atoms with Crippen LogP contribution in [0.1, 0.15) is 37.8 Å². The Balaban J connectivity index is 1.29. The van der Waals surface area contributed by atoms with E-state index in [2.05, 4.69) is 15.2 Å². The lowest BCUT2D eigenvalue weighted by Crippen LogP contribution is -2.47. The summed E-state index contributed by atoms with van der Waals surface area (Å²) in [6, 6.07) is 7.77. The number of carbonyl (C=O) groups excluding carboxylic acids is 1. The highest BCUT2D eigenvalue weighted by atomic mass is 35.5. The summed E-state index contributed by atoms with van der Waals surface area (Å²) in [5.74, 6) is -0.357. The Morgan fingerprint density at radius 2 is 1.85 bits per heavy atom. The van der Waals surface area contributed by atoms with Crippen LogP contribution in [0.4, 0.5) is 18.9 Å². The lowest BCUT2D eigenvalue weighted by Gasteiger charge is -2.38. The molecule has 2 aromatic carbocycles. The lowest BCUT2D eigenvalue weighted by atomic mass is 9.73. The monoisotopic (exact) mass is 598 g/mol. The number of benzene rings is 2. The Morgan fingerprint density at radius 1 is 1.15 bits per heavy atom. The quantitative estimate of drug-likeness (QED) is 0.418. The zero-order valence-electron chi connectivity index (χ0n) is 22.3. The maximum atomic E-state index is 14.1. The van der Waals surface area contributed by atoms with E-state index in [0.29, 0.717) is 37.5 Å². The molecule has 1 aromatic heterocycles. The minimum Gasteiger partial charge on any atom is -0.492 e. The van der Waals surface area contributed by atoms with E-state index in [9.17, 15) is 26.4 Å². The van der Waals surface area contributed by atoms with Crippen molar-refractivity contribution in [3.05, 3.63) is 52.8 Å². The molecule has 3 heterocycles. The number of aromatic nitrogens is 2. The number of fused-ring (bicyclic) bond motifs is 3. The fraction of sp³-hybridized carbons (Fsp3) is 0.481. The number of piperidine rings is 1. The van der Waals surface area contributed by atoms with E-state index in [1.807, 2.05) is 12.1 Å². The number of alkyl halides is 3. The van der Waals surface area contributed by atoms with Crippen molar-refractivity contribution in [3.8, 4) is 5.75 Å². The van der Waals surface area contributed by atoms with Crippen LogP contribution in [0.5, 0.6) is 5.75 Å². The van der Waals surface area contributed by atoms with Gasteiger partial charge in [0.2, 0.25) is 5.91 Å². The van der Waals surface area contributed by atoms with Gasteiger partial charge >= 0.3 is 6.18 Å². The standard InChI is InChI=1S/C27H30ClF3N4O4S/c1-25(2,15-40(3,37)38)35-16-32-22-14-18(13-20(23(22)35)27(29,30)31)39-11-10-34-8-6-26(7-9-34)19-12-17(28)4-5-21(19)33-24(26)36/h4-5,12-14,16H,6-11,15H2,1-3H3,(H,33,36). The van der Waals surface area contributed by atoms with E-state index < -0.39 is 32.5 Å². The van der Waals surface area contributed by atoms with Crippen molar-refractivity contribution in [1.29, 1.82) is 0 Å². The van der Waals surface area contributed by atoms with Crippen molar-refractivity contribution in [2.75, 3.05) is 43.6 Å². The fourth-order valence-electron chi connectivity index (χ4n) is 5.93. The number of amides is 1. The molecule has 40 heavy (non-hydrogen) atoms. The maximum Gasteiger partial charge on any atom is 0.418 e. The van der Waals surface area contributed by atoms with Crippen molar-refractivity contribution in [2.24, 2.45) is 0 Å². The Kier molecular flexibility index (Phi) is 7.11. The number of hydrogen-bond donors (Lipinski definition) is 1. The second-order valence-corrected chi connectivity index (χ2v) is 13.8. The Bertz CT molecular complexity index is 1580. The molecule has 1 N–H and O–H groups in total. The summed E-state index contributed by atoms with van der Waals surface area (Å²) in [5, 5.41) is 3.52. The van der Waals surface area contributed by atoms with E-state index in [-0.39, 0.29) is 35.0 Å². The molecule has 3 aromatic rings. The molecular formula is C27H30ClF3N4O4S. The van der Waals surface area contributed by atoms with Gasteiger partial charge in [-0.2, -0.15) is 13.2 Å². The third-order valence-corrected chi connectivity index (χ3v) is 9.22. The van der Waals surface area contributed by atoms with Gasteiger partial charge in [0.1, 0.15) is 22.2 Å². The van der Waals surface area contributed by atoms with Crippen molar-refractivity contribution < 1.29 is 31.1 Å². The summed E-state index contributed by atoms with van der Waals surface area (Å²) in [6.45, 7) is 4.97. The molecule has 8 nitrogen and oxygen atoms in total. The van der Waals surface area contributed by atoms with Crippen LogP contribution in [0.2, 0.25) is 5.02 Å². The molecular weight excluding hydrogens is 569 g/mol. The van der Waals surface area contributed by atoms with E-state index in [1.165, 1.54) is 17.0 Å². The van der Waals surface area contributed by atoms with Gasteiger partial charge in [-0.15, -0.1) is 0 Å². The topological polar surface area (TPSA) is 93.5 Å². The number of rotatable bonds is 7. The minimum atomic E-state index is -4.71. The number of nitrogens with zero attached hydrogens (tertiary/aromatic N) is 3. The highest BCUT2D eigenvalue weighted by Gasteiger charge is 2.48. The zero-order chi connectivity index (χ0) is 29.1. The molecule has 0 aliphatic carbocycles. The first-order chi connectivity index (χ1) is 18.6. The molecule has 0 saturated carbocycles. The van der Waals surface area contributed by atoms with Crippen molar-refractivity contribution >= 4 is 44.1 Å². The molecule has 0 bridgehead atoms. The summed E-state index contributed by atoms with van der Waals surface area (Å²) >= 11 is 6.19. The van der Waals surface area contributed by atoms with E-state index in [1.54, 1.807) is 19.9 Å². The van der Waals surface area contributed by atoms with Crippen molar-refractivity contribution in [3.63, 3.8) is 0 Å². The average molecular weight is 599 g/mol. The van der Waals surface area contributed by atoms with Crippen LogP contribution in [0.15, 0.2) is 36.7 Å². The first kappa shape index (κ1) is 28.7. The number of halogens is 4. The van der Waals surface area contributed by atoms with Crippen LogP contribution in [-0.4, -0.2) is 67.0 Å². The van der Waals surface area contributed by atoms with Crippen molar-refractivity contribution in [1.82, 2.24) is 14.5 Å². The van der Waals surface area contributed by atoms with E-state index >= 15 is 0 Å². The Morgan fingerprint density at radius 3 is 2.50 bits per heavy atom. The molecule has 1 saturated heterocycles. The van der Waals surface area contributed by atoms with Gasteiger partial charge in [-0.1, -0.05) is 11.6 Å². The number of likely N-dealkylation sites (tertiary alicyclic amines) is 1. The summed E-state index contributed by atoms with van der Waals surface area (Å²) in [5.41, 5.74) is -1.16. The van der Waals surface area contributed by atoms with Gasteiger partial charge in [0.25, 0.3) is 0 Å². The van der Waals surface area contributed by atoms with Crippen LogP contribution in [0.3, 0.4) is 0 Å². The molecule has 216 valence electrons. The van der Waals surface area contributed by atoms with Gasteiger partial charge in [-0.3, -0.25) is 9.69 Å². The highest BCUT2D eigenvalue weighted by Crippen LogP contribution is 2.46. The number of nitrogens with one attached hydrogen (secondary N) is 1. The summed E-state index contributed by atoms with van der Waals surface area (Å²) in [4.78, 5) is 19.1. The number of anilines is 1. The fourth-order valence-corrected chi connectivity index (χ4v) is 7.52. The van der Waals surface area contributed by atoms with Crippen molar-refractivity contribution in [2.45, 2.75) is 43.8 Å². The highest BCUT2D eigenvalue weighted by molar-refractivity contribution is 7.90. The summed E-state index contributed by atoms with van der Waals surface area (Å²) in [7, 11) is -3.47. The van der Waals surface area contributed by atoms with Crippen LogP contribution in [0, 0.1) is 0 Å². The molecule has 1 spiro atoms. The van der Waals surface area contributed by atoms with Crippen LogP contribution in [0.25, 0.3) is 11.0 Å².